The minimum Gasteiger partial charge on any atom is -0.223 e. The molecule has 0 atom stereocenters. The number of hydrogen-bond acceptors (Lipinski definition) is 2. The zero-order chi connectivity index (χ0) is 10.6. The van der Waals surface area contributed by atoms with E-state index in [2.05, 4.69) is 0 Å². The summed E-state index contributed by atoms with van der Waals surface area (Å²) < 4.78 is 24.0. The van der Waals surface area contributed by atoms with Gasteiger partial charge in [0.05, 0.1) is 10.1 Å². The van der Waals surface area contributed by atoms with E-state index in [1.807, 2.05) is 19.9 Å². The smallest absolute Gasteiger partial charge is 0.181 e. The first-order valence-electron chi connectivity index (χ1n) is 4.91. The third kappa shape index (κ3) is 2.15. The second-order valence-electron chi connectivity index (χ2n) is 3.30. The lowest BCUT2D eigenvalue weighted by Crippen LogP contribution is -2.19. The van der Waals surface area contributed by atoms with Gasteiger partial charge in [0.1, 0.15) is 0 Å². The van der Waals surface area contributed by atoms with E-state index >= 15 is 0 Å². The van der Waals surface area contributed by atoms with Crippen molar-refractivity contribution in [3.8, 4) is 0 Å². The van der Waals surface area contributed by atoms with Gasteiger partial charge in [0.2, 0.25) is 0 Å². The molecular weight excluding hydrogens is 196 g/mol. The van der Waals surface area contributed by atoms with Crippen LogP contribution >= 0.6 is 0 Å². The molecule has 0 N–H and O–H groups in total. The van der Waals surface area contributed by atoms with E-state index in [1.54, 1.807) is 24.3 Å². The van der Waals surface area contributed by atoms with E-state index in [0.717, 1.165) is 0 Å². The van der Waals surface area contributed by atoms with Gasteiger partial charge in [-0.25, -0.2) is 8.42 Å². The van der Waals surface area contributed by atoms with Gasteiger partial charge in [0, 0.05) is 0 Å². The van der Waals surface area contributed by atoms with E-state index in [9.17, 15) is 8.42 Å². The Kier molecular flexibility index (Phi) is 3.69. The normalized spacial score (nSPS) is 11.9. The van der Waals surface area contributed by atoms with Crippen molar-refractivity contribution in [2.45, 2.75) is 36.8 Å². The summed E-state index contributed by atoms with van der Waals surface area (Å²) in [5, 5.41) is -0.245. The van der Waals surface area contributed by atoms with Crippen molar-refractivity contribution in [2.75, 3.05) is 0 Å². The fourth-order valence-electron chi connectivity index (χ4n) is 1.53. The highest BCUT2D eigenvalue weighted by atomic mass is 32.2. The van der Waals surface area contributed by atoms with E-state index < -0.39 is 9.84 Å². The van der Waals surface area contributed by atoms with E-state index in [4.69, 9.17) is 0 Å². The van der Waals surface area contributed by atoms with Crippen molar-refractivity contribution in [1.82, 2.24) is 0 Å². The lowest BCUT2D eigenvalue weighted by Gasteiger charge is -2.13. The molecule has 0 aliphatic rings. The molecule has 3 heteroatoms. The van der Waals surface area contributed by atoms with Gasteiger partial charge < -0.3 is 0 Å². The molecule has 14 heavy (non-hydrogen) atoms. The predicted octanol–water partition coefficient (Wildman–Crippen LogP) is 2.65. The molecule has 0 radical (unpaired) electrons. The van der Waals surface area contributed by atoms with Crippen LogP contribution in [-0.4, -0.2) is 13.7 Å². The summed E-state index contributed by atoms with van der Waals surface area (Å²) in [7, 11) is -3.10. The van der Waals surface area contributed by atoms with Crippen molar-refractivity contribution < 1.29 is 8.42 Å². The molecule has 78 valence electrons. The molecule has 0 aromatic heterocycles. The Labute approximate surface area is 85.9 Å². The van der Waals surface area contributed by atoms with Crippen molar-refractivity contribution in [2.24, 2.45) is 0 Å². The number of hydrogen-bond donors (Lipinski definition) is 0. The fraction of sp³-hybridized carbons (Fsp3) is 0.455. The van der Waals surface area contributed by atoms with Crippen molar-refractivity contribution in [3.63, 3.8) is 0 Å². The molecular formula is C11H16O2S. The first-order valence-corrected chi connectivity index (χ1v) is 6.46. The van der Waals surface area contributed by atoms with Gasteiger partial charge in [0.15, 0.2) is 9.84 Å². The van der Waals surface area contributed by atoms with Crippen LogP contribution < -0.4 is 0 Å². The van der Waals surface area contributed by atoms with E-state index in [1.165, 1.54) is 0 Å². The van der Waals surface area contributed by atoms with E-state index in [0.29, 0.717) is 17.7 Å². The number of rotatable bonds is 4. The molecule has 0 aliphatic carbocycles. The van der Waals surface area contributed by atoms with Crippen LogP contribution in [0.4, 0.5) is 0 Å². The fourth-order valence-corrected chi connectivity index (χ4v) is 3.33. The Bertz CT molecular complexity index is 364. The van der Waals surface area contributed by atoms with E-state index in [-0.39, 0.29) is 5.25 Å². The van der Waals surface area contributed by atoms with Gasteiger partial charge in [-0.1, -0.05) is 32.0 Å². The van der Waals surface area contributed by atoms with Crippen LogP contribution in [0.25, 0.3) is 0 Å². The second kappa shape index (κ2) is 4.60. The van der Waals surface area contributed by atoms with Gasteiger partial charge >= 0.3 is 0 Å². The first-order chi connectivity index (χ1) is 6.62. The van der Waals surface area contributed by atoms with Gasteiger partial charge in [-0.15, -0.1) is 0 Å². The monoisotopic (exact) mass is 212 g/mol. The van der Waals surface area contributed by atoms with Crippen LogP contribution in [0.2, 0.25) is 0 Å². The molecule has 0 heterocycles. The Morgan fingerprint density at radius 2 is 1.57 bits per heavy atom. The molecule has 0 spiro atoms. The third-order valence-electron chi connectivity index (χ3n) is 2.42. The maximum Gasteiger partial charge on any atom is 0.181 e. The van der Waals surface area contributed by atoms with Crippen molar-refractivity contribution in [1.29, 1.82) is 0 Å². The Balaban J connectivity index is 3.08. The van der Waals surface area contributed by atoms with Gasteiger partial charge in [-0.3, -0.25) is 0 Å². The van der Waals surface area contributed by atoms with Gasteiger partial charge in [0.25, 0.3) is 0 Å². The molecule has 0 saturated heterocycles. The average molecular weight is 212 g/mol. The highest BCUT2D eigenvalue weighted by molar-refractivity contribution is 7.92. The maximum atomic E-state index is 12.0. The molecule has 1 rings (SSSR count). The Morgan fingerprint density at radius 3 is 2.00 bits per heavy atom. The van der Waals surface area contributed by atoms with Crippen LogP contribution in [0.5, 0.6) is 0 Å². The zero-order valence-electron chi connectivity index (χ0n) is 8.60. The van der Waals surface area contributed by atoms with Crippen LogP contribution in [0.3, 0.4) is 0 Å². The van der Waals surface area contributed by atoms with Crippen LogP contribution in [0.1, 0.15) is 26.7 Å². The lowest BCUT2D eigenvalue weighted by molar-refractivity contribution is 0.571. The minimum atomic E-state index is -3.10. The van der Waals surface area contributed by atoms with Gasteiger partial charge in [-0.2, -0.15) is 0 Å². The largest absolute Gasteiger partial charge is 0.223 e. The predicted molar refractivity (Wildman–Crippen MR) is 58.0 cm³/mol. The molecule has 0 fully saturated rings. The Hall–Kier alpha value is -0.830. The maximum absolute atomic E-state index is 12.0. The summed E-state index contributed by atoms with van der Waals surface area (Å²) in [6.07, 6.45) is 1.35. The summed E-state index contributed by atoms with van der Waals surface area (Å²) in [5.41, 5.74) is 0. The SMILES string of the molecule is CCC(CC)S(=O)(=O)c1ccccc1. The molecule has 0 saturated carbocycles. The Morgan fingerprint density at radius 1 is 1.07 bits per heavy atom. The average Bonchev–Trinajstić information content (AvgIpc) is 2.20. The number of benzene rings is 1. The molecule has 1 aromatic carbocycles. The molecule has 0 amide bonds. The summed E-state index contributed by atoms with van der Waals surface area (Å²) in [6, 6.07) is 8.66. The van der Waals surface area contributed by atoms with Crippen LogP contribution in [0.15, 0.2) is 35.2 Å². The second-order valence-corrected chi connectivity index (χ2v) is 5.52. The topological polar surface area (TPSA) is 34.1 Å². The quantitative estimate of drug-likeness (QED) is 0.769. The molecule has 0 bridgehead atoms. The standard InChI is InChI=1S/C11H16O2S/c1-3-10(4-2)14(12,13)11-8-6-5-7-9-11/h5-10H,3-4H2,1-2H3. The first kappa shape index (κ1) is 11.2. The molecule has 1 aromatic rings. The lowest BCUT2D eigenvalue weighted by atomic mass is 10.3. The third-order valence-corrected chi connectivity index (χ3v) is 4.89. The number of sulfone groups is 1. The summed E-state index contributed by atoms with van der Waals surface area (Å²) in [4.78, 5) is 0.439. The highest BCUT2D eigenvalue weighted by Crippen LogP contribution is 2.19. The molecule has 0 unspecified atom stereocenters. The van der Waals surface area contributed by atoms with Crippen LogP contribution in [-0.2, 0) is 9.84 Å². The van der Waals surface area contributed by atoms with Crippen molar-refractivity contribution in [3.05, 3.63) is 30.3 Å². The summed E-state index contributed by atoms with van der Waals surface area (Å²) in [6.45, 7) is 3.82. The highest BCUT2D eigenvalue weighted by Gasteiger charge is 2.23. The van der Waals surface area contributed by atoms with Crippen LogP contribution in [0, 0.1) is 0 Å². The summed E-state index contributed by atoms with van der Waals surface area (Å²) in [5.74, 6) is 0. The minimum absolute atomic E-state index is 0.245. The molecule has 0 aliphatic heterocycles. The van der Waals surface area contributed by atoms with Crippen molar-refractivity contribution >= 4 is 9.84 Å². The zero-order valence-corrected chi connectivity index (χ0v) is 9.42. The summed E-state index contributed by atoms with van der Waals surface area (Å²) >= 11 is 0. The molecule has 2 nitrogen and oxygen atoms in total. The van der Waals surface area contributed by atoms with Gasteiger partial charge in [-0.05, 0) is 25.0 Å².